The molecule has 0 amide bonds. The average Bonchev–Trinajstić information content (AvgIpc) is 3.62. The van der Waals surface area contributed by atoms with Crippen molar-refractivity contribution in [3.05, 3.63) is 22.1 Å². The van der Waals surface area contributed by atoms with Crippen LogP contribution in [0.15, 0.2) is 10.8 Å². The van der Waals surface area contributed by atoms with Gasteiger partial charge >= 0.3 is 11.9 Å². The van der Waals surface area contributed by atoms with Gasteiger partial charge in [0.25, 0.3) is 0 Å². The molecule has 2 N–H and O–H groups in total. The molecule has 2 aromatic heterocycles. The fourth-order valence-corrected chi connectivity index (χ4v) is 6.71. The maximum Gasteiger partial charge on any atom is 0.310 e. The maximum atomic E-state index is 12.3. The van der Waals surface area contributed by atoms with Gasteiger partial charge in [0.2, 0.25) is 0 Å². The number of rotatable bonds is 13. The first-order valence-electron chi connectivity index (χ1n) is 13.1. The molecule has 8 nitrogen and oxygen atoms in total. The monoisotopic (exact) mass is 534 g/mol. The van der Waals surface area contributed by atoms with Crippen LogP contribution in [0.2, 0.25) is 0 Å². The largest absolute Gasteiger partial charge is 0.453 e. The highest BCUT2D eigenvalue weighted by molar-refractivity contribution is 7.14. The zero-order chi connectivity index (χ0) is 25.8. The van der Waals surface area contributed by atoms with Gasteiger partial charge < -0.3 is 20.1 Å². The Bertz CT molecular complexity index is 974. The quantitative estimate of drug-likeness (QED) is 0.236. The van der Waals surface area contributed by atoms with Crippen molar-refractivity contribution in [2.75, 3.05) is 23.7 Å². The number of anilines is 2. The third-order valence-corrected chi connectivity index (χ3v) is 8.77. The molecule has 10 heteroatoms. The molecule has 2 aliphatic heterocycles. The van der Waals surface area contributed by atoms with E-state index in [0.717, 1.165) is 60.2 Å². The summed E-state index contributed by atoms with van der Waals surface area (Å²) in [5.41, 5.74) is 0.348. The van der Waals surface area contributed by atoms with Crippen LogP contribution in [0, 0.1) is 11.8 Å². The Labute approximate surface area is 221 Å². The van der Waals surface area contributed by atoms with Crippen molar-refractivity contribution < 1.29 is 19.1 Å². The van der Waals surface area contributed by atoms with Gasteiger partial charge in [-0.1, -0.05) is 39.5 Å². The van der Waals surface area contributed by atoms with Crippen LogP contribution in [0.4, 0.5) is 10.3 Å². The first-order chi connectivity index (χ1) is 17.3. The van der Waals surface area contributed by atoms with Gasteiger partial charge in [-0.2, -0.15) is 0 Å². The smallest absolute Gasteiger partial charge is 0.310 e. The molecule has 4 heterocycles. The van der Waals surface area contributed by atoms with Crippen molar-refractivity contribution >= 4 is 44.9 Å². The second-order valence-corrected chi connectivity index (χ2v) is 12.0. The molecule has 0 spiro atoms. The Hall–Kier alpha value is -2.20. The number of hydrogen-bond acceptors (Lipinski definition) is 10. The topological polar surface area (TPSA) is 102 Å². The summed E-state index contributed by atoms with van der Waals surface area (Å²) in [5, 5.41) is 12.3. The Balaban J connectivity index is 1.24. The van der Waals surface area contributed by atoms with Gasteiger partial charge in [-0.25, -0.2) is 9.97 Å². The molecule has 2 aromatic rings. The number of ether oxygens (including phenoxy) is 2. The summed E-state index contributed by atoms with van der Waals surface area (Å²) in [7, 11) is 0. The van der Waals surface area contributed by atoms with E-state index in [9.17, 15) is 9.59 Å². The second kappa shape index (κ2) is 11.5. The lowest BCUT2D eigenvalue weighted by Crippen LogP contribution is -2.22. The van der Waals surface area contributed by atoms with E-state index < -0.39 is 11.2 Å². The summed E-state index contributed by atoms with van der Waals surface area (Å²) >= 11 is 3.05. The maximum absolute atomic E-state index is 12.3. The molecule has 2 saturated heterocycles. The average molecular weight is 535 g/mol. The van der Waals surface area contributed by atoms with E-state index in [2.05, 4.69) is 24.5 Å². The summed E-state index contributed by atoms with van der Waals surface area (Å²) in [6.07, 6.45) is 7.37. The Morgan fingerprint density at radius 1 is 0.833 bits per heavy atom. The van der Waals surface area contributed by atoms with Crippen molar-refractivity contribution in [3.8, 4) is 0 Å². The fraction of sp³-hybridized carbons (Fsp3) is 0.692. The predicted molar refractivity (Wildman–Crippen MR) is 143 cm³/mol. The van der Waals surface area contributed by atoms with Gasteiger partial charge in [0.05, 0.1) is 23.2 Å². The summed E-state index contributed by atoms with van der Waals surface area (Å²) in [6, 6.07) is 0. The first kappa shape index (κ1) is 26.9. The van der Waals surface area contributed by atoms with Crippen LogP contribution in [0.3, 0.4) is 0 Å². The number of unbranched alkanes of at least 4 members (excludes halogenated alkanes) is 2. The number of carbonyl (C=O) groups excluding carboxylic acids is 2. The molecule has 198 valence electrons. The zero-order valence-corrected chi connectivity index (χ0v) is 23.4. The zero-order valence-electron chi connectivity index (χ0n) is 21.7. The van der Waals surface area contributed by atoms with Gasteiger partial charge in [0, 0.05) is 36.7 Å². The third kappa shape index (κ3) is 6.02. The van der Waals surface area contributed by atoms with Gasteiger partial charge in [-0.05, 0) is 26.7 Å². The molecule has 0 aliphatic carbocycles. The molecule has 2 fully saturated rings. The van der Waals surface area contributed by atoms with Gasteiger partial charge in [-0.3, -0.25) is 9.59 Å². The molecular weight excluding hydrogens is 496 g/mol. The van der Waals surface area contributed by atoms with Crippen molar-refractivity contribution in [1.82, 2.24) is 9.97 Å². The number of cyclic esters (lactones) is 2. The Kier molecular flexibility index (Phi) is 8.55. The number of esters is 2. The van der Waals surface area contributed by atoms with Crippen LogP contribution in [0.25, 0.3) is 0 Å². The summed E-state index contributed by atoms with van der Waals surface area (Å²) in [5.74, 6) is -0.258. The van der Waals surface area contributed by atoms with Gasteiger partial charge in [-0.15, -0.1) is 22.7 Å². The first-order valence-corrected chi connectivity index (χ1v) is 14.9. The van der Waals surface area contributed by atoms with Crippen molar-refractivity contribution in [2.24, 2.45) is 11.8 Å². The highest BCUT2D eigenvalue weighted by Crippen LogP contribution is 2.43. The normalized spacial score (nSPS) is 27.8. The van der Waals surface area contributed by atoms with E-state index >= 15 is 0 Å². The third-order valence-electron chi connectivity index (χ3n) is 7.17. The van der Waals surface area contributed by atoms with E-state index in [1.54, 1.807) is 0 Å². The second-order valence-electron chi connectivity index (χ2n) is 10.3. The number of nitrogens with zero attached hydrogens (tertiary/aromatic N) is 2. The summed E-state index contributed by atoms with van der Waals surface area (Å²) in [6.45, 7) is 9.54. The molecule has 36 heavy (non-hydrogen) atoms. The summed E-state index contributed by atoms with van der Waals surface area (Å²) in [4.78, 5) is 34.0. The van der Waals surface area contributed by atoms with E-state index in [1.807, 2.05) is 24.6 Å². The van der Waals surface area contributed by atoms with Crippen molar-refractivity contribution in [3.63, 3.8) is 0 Å². The number of carbonyl (C=O) groups is 2. The number of aromatic nitrogens is 2. The highest BCUT2D eigenvalue weighted by atomic mass is 32.1. The molecule has 0 bridgehead atoms. The lowest BCUT2D eigenvalue weighted by atomic mass is 9.90. The summed E-state index contributed by atoms with van der Waals surface area (Å²) < 4.78 is 11.5. The molecule has 0 saturated carbocycles. The SMILES string of the molecule is CCCC[C@@H]1C[C@](C)(c2csc(NCCNc3nc([C@]4(C)C[C@@H](CCCC)C(=O)O4)cs3)n2)OC1=O. The highest BCUT2D eigenvalue weighted by Gasteiger charge is 2.46. The molecule has 4 rings (SSSR count). The minimum atomic E-state index is -0.642. The van der Waals surface area contributed by atoms with Gasteiger partial charge in [0.15, 0.2) is 21.5 Å². The molecular formula is C26H38N4O4S2. The van der Waals surface area contributed by atoms with Crippen LogP contribution in [-0.2, 0) is 30.3 Å². The van der Waals surface area contributed by atoms with Crippen LogP contribution in [0.1, 0.15) is 90.4 Å². The van der Waals surface area contributed by atoms with Crippen LogP contribution >= 0.6 is 22.7 Å². The Morgan fingerprint density at radius 2 is 1.25 bits per heavy atom. The van der Waals surface area contributed by atoms with Gasteiger partial charge in [0.1, 0.15) is 0 Å². The standard InChI is InChI=1S/C26H38N4O4S2/c1-5-7-9-17-13-25(3,33-21(17)31)19-15-35-23(29-19)27-11-12-28-24-30-20(16-36-24)26(4)14-18(10-8-6-2)22(32)34-26/h15-18H,5-14H2,1-4H3,(H,27,29)(H,28,30)/t17-,18-,25-,26+/m1/s1. The van der Waals surface area contributed by atoms with Crippen molar-refractivity contribution in [1.29, 1.82) is 0 Å². The number of hydrogen-bond donors (Lipinski definition) is 2. The van der Waals surface area contributed by atoms with E-state index in [-0.39, 0.29) is 23.8 Å². The van der Waals surface area contributed by atoms with E-state index in [1.165, 1.54) is 22.7 Å². The van der Waals surface area contributed by atoms with Crippen LogP contribution in [-0.4, -0.2) is 35.0 Å². The van der Waals surface area contributed by atoms with Crippen LogP contribution in [0.5, 0.6) is 0 Å². The minimum Gasteiger partial charge on any atom is -0.453 e. The molecule has 0 aromatic carbocycles. The molecule has 0 unspecified atom stereocenters. The lowest BCUT2D eigenvalue weighted by molar-refractivity contribution is -0.151. The van der Waals surface area contributed by atoms with E-state index in [0.29, 0.717) is 25.9 Å². The number of nitrogens with one attached hydrogen (secondary N) is 2. The molecule has 4 atom stereocenters. The molecule has 2 aliphatic rings. The van der Waals surface area contributed by atoms with Crippen molar-refractivity contribution in [2.45, 2.75) is 90.3 Å². The minimum absolute atomic E-state index is 0.0299. The van der Waals surface area contributed by atoms with Crippen LogP contribution < -0.4 is 10.6 Å². The lowest BCUT2D eigenvalue weighted by Gasteiger charge is -2.20. The fourth-order valence-electron chi connectivity index (χ4n) is 4.99. The molecule has 0 radical (unpaired) electrons. The number of thiazole rings is 2. The van der Waals surface area contributed by atoms with E-state index in [4.69, 9.17) is 19.4 Å². The predicted octanol–water partition coefficient (Wildman–Crippen LogP) is 6.06. The Morgan fingerprint density at radius 3 is 1.64 bits per heavy atom.